The van der Waals surface area contributed by atoms with E-state index in [4.69, 9.17) is 39.5 Å². The fourth-order valence-electron chi connectivity index (χ4n) is 4.51. The summed E-state index contributed by atoms with van der Waals surface area (Å²) < 4.78 is 5.77. The van der Waals surface area contributed by atoms with Crippen LogP contribution >= 0.6 is 34.8 Å². The van der Waals surface area contributed by atoms with E-state index in [1.165, 1.54) is 0 Å². The molecular formula is C29H29Cl3N2O3. The van der Waals surface area contributed by atoms with Crippen molar-refractivity contribution in [2.75, 3.05) is 6.61 Å². The zero-order valence-electron chi connectivity index (χ0n) is 20.3. The van der Waals surface area contributed by atoms with Crippen molar-refractivity contribution in [1.82, 2.24) is 10.2 Å². The quantitative estimate of drug-likeness (QED) is 0.300. The number of carbonyl (C=O) groups is 2. The predicted molar refractivity (Wildman–Crippen MR) is 148 cm³/mol. The maximum atomic E-state index is 13.7. The molecule has 3 aromatic carbocycles. The van der Waals surface area contributed by atoms with Crippen molar-refractivity contribution in [1.29, 1.82) is 0 Å². The maximum absolute atomic E-state index is 13.7. The van der Waals surface area contributed by atoms with Crippen molar-refractivity contribution >= 4 is 46.6 Å². The van der Waals surface area contributed by atoms with Gasteiger partial charge >= 0.3 is 0 Å². The largest absolute Gasteiger partial charge is 0.484 e. The second kappa shape index (κ2) is 13.2. The predicted octanol–water partition coefficient (Wildman–Crippen LogP) is 6.72. The molecule has 1 atom stereocenters. The van der Waals surface area contributed by atoms with Crippen LogP contribution in [0.15, 0.2) is 72.8 Å². The first-order valence-corrected chi connectivity index (χ1v) is 13.5. The minimum Gasteiger partial charge on any atom is -0.484 e. The van der Waals surface area contributed by atoms with Crippen LogP contribution in [0.3, 0.4) is 0 Å². The third-order valence-corrected chi connectivity index (χ3v) is 7.48. The van der Waals surface area contributed by atoms with Crippen LogP contribution in [-0.2, 0) is 22.6 Å². The number of rotatable bonds is 10. The van der Waals surface area contributed by atoms with Gasteiger partial charge in [0, 0.05) is 24.0 Å². The van der Waals surface area contributed by atoms with Gasteiger partial charge in [-0.25, -0.2) is 0 Å². The summed E-state index contributed by atoms with van der Waals surface area (Å²) in [6.07, 6.45) is 4.45. The zero-order valence-corrected chi connectivity index (χ0v) is 22.6. The summed E-state index contributed by atoms with van der Waals surface area (Å²) in [5, 5.41) is 4.57. The molecule has 1 N–H and O–H groups in total. The molecule has 0 spiro atoms. The van der Waals surface area contributed by atoms with Crippen LogP contribution in [0.2, 0.25) is 15.1 Å². The first kappa shape index (κ1) is 27.3. The number of amides is 2. The number of ether oxygens (including phenoxy) is 1. The Balaban J connectivity index is 1.62. The Labute approximate surface area is 232 Å². The van der Waals surface area contributed by atoms with Crippen LogP contribution < -0.4 is 10.1 Å². The van der Waals surface area contributed by atoms with Gasteiger partial charge < -0.3 is 15.0 Å². The number of carbonyl (C=O) groups excluding carboxylic acids is 2. The van der Waals surface area contributed by atoms with E-state index in [1.54, 1.807) is 41.3 Å². The zero-order chi connectivity index (χ0) is 26.2. The number of nitrogens with zero attached hydrogens (tertiary/aromatic N) is 1. The van der Waals surface area contributed by atoms with Gasteiger partial charge in [-0.15, -0.1) is 0 Å². The molecule has 0 saturated heterocycles. The summed E-state index contributed by atoms with van der Waals surface area (Å²) >= 11 is 18.4. The van der Waals surface area contributed by atoms with Gasteiger partial charge in [0.2, 0.25) is 5.91 Å². The lowest BCUT2D eigenvalue weighted by atomic mass is 10.0. The van der Waals surface area contributed by atoms with Crippen molar-refractivity contribution in [3.05, 3.63) is 99.0 Å². The highest BCUT2D eigenvalue weighted by atomic mass is 35.5. The Morgan fingerprint density at radius 1 is 0.892 bits per heavy atom. The molecule has 1 aliphatic rings. The van der Waals surface area contributed by atoms with Gasteiger partial charge in [-0.1, -0.05) is 84.0 Å². The van der Waals surface area contributed by atoms with Crippen molar-refractivity contribution in [2.24, 2.45) is 0 Å². The van der Waals surface area contributed by atoms with Gasteiger partial charge in [-0.2, -0.15) is 0 Å². The van der Waals surface area contributed by atoms with Crippen LogP contribution in [0.1, 0.15) is 36.8 Å². The van der Waals surface area contributed by atoms with Crippen molar-refractivity contribution in [3.63, 3.8) is 0 Å². The van der Waals surface area contributed by atoms with Gasteiger partial charge in [0.1, 0.15) is 11.8 Å². The number of nitrogens with one attached hydrogen (secondary N) is 1. The lowest BCUT2D eigenvalue weighted by molar-refractivity contribution is -0.143. The highest BCUT2D eigenvalue weighted by molar-refractivity contribution is 6.42. The molecule has 5 nitrogen and oxygen atoms in total. The topological polar surface area (TPSA) is 58.6 Å². The van der Waals surface area contributed by atoms with E-state index in [9.17, 15) is 9.59 Å². The molecule has 4 rings (SSSR count). The minimum atomic E-state index is -0.737. The molecule has 0 bridgehead atoms. The van der Waals surface area contributed by atoms with Gasteiger partial charge in [0.15, 0.2) is 6.61 Å². The highest BCUT2D eigenvalue weighted by Crippen LogP contribution is 2.25. The van der Waals surface area contributed by atoms with Crippen LogP contribution in [0.25, 0.3) is 0 Å². The summed E-state index contributed by atoms with van der Waals surface area (Å²) in [5.74, 6) is 0.0291. The minimum absolute atomic E-state index is 0.123. The Morgan fingerprint density at radius 3 is 2.27 bits per heavy atom. The van der Waals surface area contributed by atoms with Crippen LogP contribution in [0.5, 0.6) is 5.75 Å². The molecule has 8 heteroatoms. The number of hydrogen-bond donors (Lipinski definition) is 1. The average Bonchev–Trinajstić information content (AvgIpc) is 3.41. The van der Waals surface area contributed by atoms with Crippen LogP contribution in [0, 0.1) is 0 Å². The number of benzene rings is 3. The summed E-state index contributed by atoms with van der Waals surface area (Å²) in [7, 11) is 0. The Hall–Kier alpha value is -2.73. The second-order valence-corrected chi connectivity index (χ2v) is 10.5. The fourth-order valence-corrected chi connectivity index (χ4v) is 4.96. The monoisotopic (exact) mass is 558 g/mol. The van der Waals surface area contributed by atoms with E-state index in [0.717, 1.165) is 36.8 Å². The molecule has 194 valence electrons. The van der Waals surface area contributed by atoms with Crippen molar-refractivity contribution < 1.29 is 14.3 Å². The highest BCUT2D eigenvalue weighted by Gasteiger charge is 2.32. The van der Waals surface area contributed by atoms with E-state index in [0.29, 0.717) is 27.2 Å². The van der Waals surface area contributed by atoms with Crippen molar-refractivity contribution in [2.45, 2.75) is 50.7 Å². The molecule has 1 aliphatic carbocycles. The van der Waals surface area contributed by atoms with Crippen LogP contribution in [-0.4, -0.2) is 35.4 Å². The number of halogens is 3. The smallest absolute Gasteiger partial charge is 0.261 e. The molecule has 0 heterocycles. The molecule has 1 unspecified atom stereocenters. The Kier molecular flexibility index (Phi) is 9.73. The summed E-state index contributed by atoms with van der Waals surface area (Å²) in [6.45, 7) is -0.0553. The van der Waals surface area contributed by atoms with Gasteiger partial charge in [0.25, 0.3) is 5.91 Å². The first-order valence-electron chi connectivity index (χ1n) is 12.3. The van der Waals surface area contributed by atoms with E-state index in [-0.39, 0.29) is 31.0 Å². The van der Waals surface area contributed by atoms with E-state index in [2.05, 4.69) is 5.32 Å². The normalized spacial score (nSPS) is 14.2. The Bertz CT molecular complexity index is 1200. The molecular weight excluding hydrogens is 531 g/mol. The second-order valence-electron chi connectivity index (χ2n) is 9.21. The molecule has 0 aromatic heterocycles. The van der Waals surface area contributed by atoms with Gasteiger partial charge in [-0.05, 0) is 60.4 Å². The van der Waals surface area contributed by atoms with E-state index >= 15 is 0 Å². The van der Waals surface area contributed by atoms with Crippen molar-refractivity contribution in [3.8, 4) is 5.75 Å². The molecule has 0 aliphatic heterocycles. The fraction of sp³-hybridized carbons (Fsp3) is 0.310. The SMILES string of the molecule is O=C(NC1CCCC1)C(Cc1ccccc1)N(Cc1ccc(Cl)c(Cl)c1)C(=O)COc1ccc(Cl)cc1. The van der Waals surface area contributed by atoms with Gasteiger partial charge in [-0.3, -0.25) is 9.59 Å². The molecule has 3 aromatic rings. The molecule has 37 heavy (non-hydrogen) atoms. The maximum Gasteiger partial charge on any atom is 0.261 e. The lowest BCUT2D eigenvalue weighted by Gasteiger charge is -2.32. The molecule has 1 fully saturated rings. The molecule has 1 saturated carbocycles. The lowest BCUT2D eigenvalue weighted by Crippen LogP contribution is -2.53. The Morgan fingerprint density at radius 2 is 1.59 bits per heavy atom. The van der Waals surface area contributed by atoms with Gasteiger partial charge in [0.05, 0.1) is 10.0 Å². The van der Waals surface area contributed by atoms with E-state index in [1.807, 2.05) is 36.4 Å². The van der Waals surface area contributed by atoms with Crippen LogP contribution in [0.4, 0.5) is 0 Å². The standard InChI is InChI=1S/C29H29Cl3N2O3/c30-22-11-13-24(14-12-22)37-19-28(35)34(18-21-10-15-25(31)26(32)16-21)27(17-20-6-2-1-3-7-20)29(36)33-23-8-4-5-9-23/h1-3,6-7,10-16,23,27H,4-5,8-9,17-19H2,(H,33,36). The number of hydrogen-bond acceptors (Lipinski definition) is 3. The average molecular weight is 560 g/mol. The summed E-state index contributed by atoms with van der Waals surface area (Å²) in [5.41, 5.74) is 1.72. The van der Waals surface area contributed by atoms with E-state index < -0.39 is 6.04 Å². The first-order chi connectivity index (χ1) is 17.9. The molecule has 2 amide bonds. The third-order valence-electron chi connectivity index (χ3n) is 6.49. The summed E-state index contributed by atoms with van der Waals surface area (Å²) in [6, 6.07) is 21.1. The molecule has 0 radical (unpaired) electrons. The summed E-state index contributed by atoms with van der Waals surface area (Å²) in [4.78, 5) is 28.9. The third kappa shape index (κ3) is 7.88.